The number of halogens is 2. The van der Waals surface area contributed by atoms with Crippen LogP contribution in [-0.2, 0) is 13.5 Å². The molecule has 0 aliphatic heterocycles. The van der Waals surface area contributed by atoms with E-state index in [-0.39, 0.29) is 18.5 Å². The van der Waals surface area contributed by atoms with Crippen LogP contribution in [0.5, 0.6) is 0 Å². The molecule has 0 bridgehead atoms. The monoisotopic (exact) mass is 602 g/mol. The van der Waals surface area contributed by atoms with Gasteiger partial charge in [0.05, 0.1) is 0 Å². The van der Waals surface area contributed by atoms with Gasteiger partial charge in [-0.05, 0) is 0 Å². The van der Waals surface area contributed by atoms with Crippen LogP contribution in [-0.4, -0.2) is 3.59 Å². The molecule has 176 valence electrons. The van der Waals surface area contributed by atoms with Gasteiger partial charge < -0.3 is 18.5 Å². The molecular weight excluding hydrogens is 576 g/mol. The Morgan fingerprint density at radius 3 is 0.818 bits per heavy atom. The molecule has 0 aromatic heterocycles. The molecule has 3 nitrogen and oxygen atoms in total. The second-order valence-electron chi connectivity index (χ2n) is 6.46. The van der Waals surface area contributed by atoms with Gasteiger partial charge in [0.15, 0.2) is 0 Å². The van der Waals surface area contributed by atoms with E-state index in [0.29, 0.717) is 0 Å². The van der Waals surface area contributed by atoms with E-state index in [4.69, 9.17) is 19.4 Å². The van der Waals surface area contributed by atoms with Crippen LogP contribution in [0.2, 0.25) is 0 Å². The summed E-state index contributed by atoms with van der Waals surface area (Å²) < 4.78 is 1.34. The van der Waals surface area contributed by atoms with E-state index in [1.165, 1.54) is 24.8 Å². The Morgan fingerprint density at radius 2 is 0.636 bits per heavy atom. The fraction of sp³-hybridized carbons (Fsp3) is 0. The normalized spacial score (nSPS) is 10.5. The fourth-order valence-electron chi connectivity index (χ4n) is 3.24. The molecule has 8 heteroatoms. The first-order valence-corrected chi connectivity index (χ1v) is 17.5. The maximum absolute atomic E-state index is 6.94. The Bertz CT molecular complexity index is 951. The van der Waals surface area contributed by atoms with Gasteiger partial charge >= 0.3 is 195 Å². The minimum Gasteiger partial charge on any atom is -0.693 e. The van der Waals surface area contributed by atoms with Crippen molar-refractivity contribution in [3.8, 4) is 0 Å². The Kier molecular flexibility index (Phi) is 13.4. The van der Waals surface area contributed by atoms with Crippen LogP contribution in [0.15, 0.2) is 121 Å². The van der Waals surface area contributed by atoms with E-state index < -0.39 is 29.4 Å². The predicted octanol–water partition coefficient (Wildman–Crippen LogP) is 8.42. The molecule has 0 aliphatic carbocycles. The summed E-state index contributed by atoms with van der Waals surface area (Å²) in [6.07, 6.45) is 0. The maximum Gasteiger partial charge on any atom is -0.693 e. The summed E-state index contributed by atoms with van der Waals surface area (Å²) >= 11 is -2.21. The Hall–Kier alpha value is -1.31. The maximum atomic E-state index is 6.94. The number of hydrogen-bond acceptors (Lipinski definition) is 0. The summed E-state index contributed by atoms with van der Waals surface area (Å²) in [4.78, 5) is 0. The van der Waals surface area contributed by atoms with Crippen molar-refractivity contribution in [2.45, 2.75) is 0 Å². The summed E-state index contributed by atoms with van der Waals surface area (Å²) in [5.74, 6) is 0. The summed E-state index contributed by atoms with van der Waals surface area (Å²) in [5.41, 5.74) is 0. The van der Waals surface area contributed by atoms with E-state index in [1.807, 2.05) is 0 Å². The number of rotatable bonds is 6. The van der Waals surface area contributed by atoms with Crippen LogP contribution < -0.4 is 21.2 Å². The van der Waals surface area contributed by atoms with E-state index >= 15 is 0 Å². The largest absolute Gasteiger partial charge is 0.693 e. The first kappa shape index (κ1) is 29.7. The summed E-state index contributed by atoms with van der Waals surface area (Å²) in [6.45, 7) is 0. The Balaban J connectivity index is 0.00000181. The molecule has 6 N–H and O–H groups in total. The molecule has 0 atom stereocenters. The molecule has 0 unspecified atom stereocenters. The zero-order chi connectivity index (χ0) is 20.8. The van der Waals surface area contributed by atoms with E-state index in [0.717, 1.165) is 0 Å². The quantitative estimate of drug-likeness (QED) is 0.156. The molecule has 0 saturated carbocycles. The van der Waals surface area contributed by atoms with Gasteiger partial charge in [0.2, 0.25) is 0 Å². The number of nitrogens with two attached hydrogens (primary N) is 3. The summed E-state index contributed by atoms with van der Waals surface area (Å²) in [6, 6.07) is 42.9. The minimum absolute atomic E-state index is 0. The van der Waals surface area contributed by atoms with Crippen molar-refractivity contribution in [2.75, 3.05) is 0 Å². The molecule has 0 radical (unpaired) electrons. The average Bonchev–Trinajstić information content (AvgIpc) is 2.81. The van der Waals surface area contributed by atoms with Gasteiger partial charge in [-0.15, -0.1) is 0 Å². The third kappa shape index (κ3) is 7.34. The minimum atomic E-state index is -2.21. The van der Waals surface area contributed by atoms with Crippen LogP contribution in [0.4, 0.5) is 0 Å². The third-order valence-electron chi connectivity index (χ3n) is 4.54. The second kappa shape index (κ2) is 14.8. The topological polar surface area (TPSA) is 100 Å². The van der Waals surface area contributed by atoms with Crippen LogP contribution in [0.3, 0.4) is 0 Å². The van der Waals surface area contributed by atoms with Crippen molar-refractivity contribution in [3.05, 3.63) is 140 Å². The molecule has 0 aliphatic rings. The smallest absolute Gasteiger partial charge is 0.693 e. The molecule has 33 heavy (non-hydrogen) atoms. The molecule has 0 amide bonds. The van der Waals surface area contributed by atoms with Crippen molar-refractivity contribution >= 4 is 60.0 Å². The van der Waals surface area contributed by atoms with Gasteiger partial charge in [0.1, 0.15) is 0 Å². The summed E-state index contributed by atoms with van der Waals surface area (Å²) in [7, 11) is 12.3. The fourth-order valence-corrected chi connectivity index (χ4v) is 17.7. The molecule has 0 fully saturated rings. The molecule has 4 aromatic carbocycles. The van der Waals surface area contributed by atoms with Gasteiger partial charge in [-0.3, -0.25) is 0 Å². The zero-order valence-corrected chi connectivity index (χ0v) is 22.8. The van der Waals surface area contributed by atoms with E-state index in [9.17, 15) is 0 Å². The summed E-state index contributed by atoms with van der Waals surface area (Å²) in [5, 5.41) is 5.20. The van der Waals surface area contributed by atoms with Crippen molar-refractivity contribution in [1.82, 2.24) is 0 Å². The predicted molar refractivity (Wildman–Crippen MR) is 151 cm³/mol. The van der Waals surface area contributed by atoms with Crippen LogP contribution in [0.1, 0.15) is 0 Å². The number of benzene rings is 4. The Morgan fingerprint density at radius 1 is 0.424 bits per heavy atom. The molecule has 0 saturated heterocycles. The van der Waals surface area contributed by atoms with Crippen molar-refractivity contribution < 1.29 is 13.5 Å². The zero-order valence-electron chi connectivity index (χ0n) is 17.8. The van der Waals surface area contributed by atoms with E-state index in [2.05, 4.69) is 121 Å². The third-order valence-corrected chi connectivity index (χ3v) is 18.3. The number of hydrogen-bond donors (Lipinski definition) is 0. The van der Waals surface area contributed by atoms with E-state index in [1.54, 1.807) is 0 Å². The standard InChI is InChI=1S/C25H20P2.2ClH.3H2N.Ru/c1-5-13-22(14-6-1)26(23-15-7-2-8-16-23)21-27(24-17-9-3-10-18-24)25-19-11-4-12-20-25;;;;;;/h1-20H;2*1H;3*1H2;/q;;;3*-1;+2/p-2. The molecule has 0 heterocycles. The Labute approximate surface area is 212 Å². The molecule has 0 spiro atoms. The van der Waals surface area contributed by atoms with Gasteiger partial charge in [-0.25, -0.2) is 0 Å². The molecule has 4 rings (SSSR count). The molecular formula is C25H26Cl2N3P2Ru-3. The van der Waals surface area contributed by atoms with Gasteiger partial charge in [0, 0.05) is 0 Å². The first-order chi connectivity index (χ1) is 14.8. The van der Waals surface area contributed by atoms with Crippen LogP contribution >= 0.6 is 35.2 Å². The van der Waals surface area contributed by atoms with Crippen molar-refractivity contribution in [1.29, 1.82) is 0 Å². The SMILES string of the molecule is [Cl][Ru]([Cl])=[C](P(c1ccccc1)c1ccccc1)P(c1ccccc1)c1ccccc1.[NH2-].[NH2-].[NH2-]. The average molecular weight is 602 g/mol. The first-order valence-electron chi connectivity index (χ1n) is 9.43. The van der Waals surface area contributed by atoms with Gasteiger partial charge in [-0.1, -0.05) is 0 Å². The van der Waals surface area contributed by atoms with Crippen molar-refractivity contribution in [3.63, 3.8) is 0 Å². The molecule has 4 aromatic rings. The second-order valence-corrected chi connectivity index (χ2v) is 18.2. The van der Waals surface area contributed by atoms with Crippen LogP contribution in [0.25, 0.3) is 18.5 Å². The van der Waals surface area contributed by atoms with Crippen LogP contribution in [0, 0.1) is 0 Å². The van der Waals surface area contributed by atoms with Crippen molar-refractivity contribution in [2.24, 2.45) is 0 Å². The van der Waals surface area contributed by atoms with Gasteiger partial charge in [0.25, 0.3) is 0 Å². The van der Waals surface area contributed by atoms with Gasteiger partial charge in [-0.2, -0.15) is 0 Å².